The molecule has 0 bridgehead atoms. The molecule has 0 spiro atoms. The van der Waals surface area contributed by atoms with Crippen molar-refractivity contribution in [2.75, 3.05) is 17.3 Å². The summed E-state index contributed by atoms with van der Waals surface area (Å²) < 4.78 is 0. The molecule has 0 radical (unpaired) electrons. The van der Waals surface area contributed by atoms with Gasteiger partial charge in [-0.2, -0.15) is 17.0 Å². The van der Waals surface area contributed by atoms with Crippen LogP contribution in [0.4, 0.5) is 0 Å². The van der Waals surface area contributed by atoms with Crippen LogP contribution in [0.2, 0.25) is 0 Å². The lowest BCUT2D eigenvalue weighted by Crippen LogP contribution is -2.48. The molecule has 0 unspecified atom stereocenters. The summed E-state index contributed by atoms with van der Waals surface area (Å²) in [5.41, 5.74) is 0.319. The Labute approximate surface area is 121 Å². The first kappa shape index (κ1) is 14.2. The minimum Gasteiger partial charge on any atom is -0.336 e. The SMILES string of the molecule is N#C[C@@]1(NC(=O)CSCc2ccccn2)CCSC1. The van der Waals surface area contributed by atoms with E-state index in [-0.39, 0.29) is 5.91 Å². The van der Waals surface area contributed by atoms with Crippen LogP contribution in [0.3, 0.4) is 0 Å². The van der Waals surface area contributed by atoms with Crippen molar-refractivity contribution >= 4 is 29.4 Å². The average molecular weight is 293 g/mol. The smallest absolute Gasteiger partial charge is 0.231 e. The Morgan fingerprint density at radius 1 is 1.63 bits per heavy atom. The van der Waals surface area contributed by atoms with E-state index in [2.05, 4.69) is 16.4 Å². The number of carbonyl (C=O) groups is 1. The fourth-order valence-electron chi connectivity index (χ4n) is 1.81. The first-order valence-electron chi connectivity index (χ1n) is 6.02. The molecule has 1 aliphatic rings. The van der Waals surface area contributed by atoms with Gasteiger partial charge in [0.25, 0.3) is 0 Å². The molecule has 1 N–H and O–H groups in total. The van der Waals surface area contributed by atoms with Gasteiger partial charge in [0.1, 0.15) is 5.54 Å². The summed E-state index contributed by atoms with van der Waals surface area (Å²) in [7, 11) is 0. The van der Waals surface area contributed by atoms with Crippen molar-refractivity contribution in [1.29, 1.82) is 5.26 Å². The Hall–Kier alpha value is -1.19. The van der Waals surface area contributed by atoms with Crippen LogP contribution in [0.1, 0.15) is 12.1 Å². The number of thioether (sulfide) groups is 2. The van der Waals surface area contributed by atoms with Crippen molar-refractivity contribution in [2.24, 2.45) is 0 Å². The van der Waals surface area contributed by atoms with Gasteiger partial charge in [0, 0.05) is 17.7 Å². The van der Waals surface area contributed by atoms with Crippen LogP contribution in [0.15, 0.2) is 24.4 Å². The summed E-state index contributed by atoms with van der Waals surface area (Å²) >= 11 is 3.23. The van der Waals surface area contributed by atoms with Crippen molar-refractivity contribution in [2.45, 2.75) is 17.7 Å². The fourth-order valence-corrected chi connectivity index (χ4v) is 3.82. The lowest BCUT2D eigenvalue weighted by molar-refractivity contribution is -0.119. The zero-order valence-corrected chi connectivity index (χ0v) is 12.1. The van der Waals surface area contributed by atoms with E-state index >= 15 is 0 Å². The molecule has 1 aromatic heterocycles. The van der Waals surface area contributed by atoms with E-state index in [0.29, 0.717) is 17.3 Å². The predicted molar refractivity (Wildman–Crippen MR) is 78.8 cm³/mol. The Balaban J connectivity index is 1.75. The molecule has 2 rings (SSSR count). The molecule has 19 heavy (non-hydrogen) atoms. The second-order valence-corrected chi connectivity index (χ2v) is 6.45. The van der Waals surface area contributed by atoms with Crippen LogP contribution < -0.4 is 5.32 Å². The molecule has 0 aliphatic carbocycles. The van der Waals surface area contributed by atoms with Crippen molar-refractivity contribution in [1.82, 2.24) is 10.3 Å². The van der Waals surface area contributed by atoms with Crippen molar-refractivity contribution in [3.63, 3.8) is 0 Å². The van der Waals surface area contributed by atoms with Gasteiger partial charge in [-0.25, -0.2) is 0 Å². The molecule has 1 atom stereocenters. The first-order chi connectivity index (χ1) is 9.24. The number of carbonyl (C=O) groups excluding carboxylic acids is 1. The molecule has 1 amide bonds. The maximum Gasteiger partial charge on any atom is 0.231 e. The second-order valence-electron chi connectivity index (χ2n) is 4.36. The molecule has 0 saturated carbocycles. The van der Waals surface area contributed by atoms with Gasteiger partial charge in [0.05, 0.1) is 17.5 Å². The van der Waals surface area contributed by atoms with Gasteiger partial charge in [-0.05, 0) is 24.3 Å². The normalized spacial score (nSPS) is 21.8. The largest absolute Gasteiger partial charge is 0.336 e. The van der Waals surface area contributed by atoms with Gasteiger partial charge < -0.3 is 5.32 Å². The van der Waals surface area contributed by atoms with E-state index in [9.17, 15) is 10.1 Å². The topological polar surface area (TPSA) is 65.8 Å². The maximum atomic E-state index is 11.8. The third kappa shape index (κ3) is 4.15. The van der Waals surface area contributed by atoms with Gasteiger partial charge in [-0.3, -0.25) is 9.78 Å². The molecular weight excluding hydrogens is 278 g/mol. The number of hydrogen-bond acceptors (Lipinski definition) is 5. The van der Waals surface area contributed by atoms with Crippen LogP contribution in [0.5, 0.6) is 0 Å². The van der Waals surface area contributed by atoms with E-state index < -0.39 is 5.54 Å². The highest BCUT2D eigenvalue weighted by atomic mass is 32.2. The third-order valence-electron chi connectivity index (χ3n) is 2.82. The number of nitrogens with one attached hydrogen (secondary N) is 1. The number of nitriles is 1. The summed E-state index contributed by atoms with van der Waals surface area (Å²) in [5, 5.41) is 12.0. The Morgan fingerprint density at radius 2 is 2.53 bits per heavy atom. The summed E-state index contributed by atoms with van der Waals surface area (Å²) in [6, 6.07) is 7.99. The summed E-state index contributed by atoms with van der Waals surface area (Å²) in [6.07, 6.45) is 2.49. The molecule has 0 aromatic carbocycles. The lowest BCUT2D eigenvalue weighted by Gasteiger charge is -2.20. The molecule has 1 saturated heterocycles. The zero-order valence-electron chi connectivity index (χ0n) is 10.5. The fraction of sp³-hybridized carbons (Fsp3) is 0.462. The predicted octanol–water partition coefficient (Wildman–Crippen LogP) is 1.83. The highest BCUT2D eigenvalue weighted by Gasteiger charge is 2.35. The van der Waals surface area contributed by atoms with Crippen LogP contribution in [0, 0.1) is 11.3 Å². The van der Waals surface area contributed by atoms with E-state index in [0.717, 1.165) is 17.9 Å². The Kier molecular flexibility index (Phi) is 5.11. The highest BCUT2D eigenvalue weighted by Crippen LogP contribution is 2.27. The van der Waals surface area contributed by atoms with Crippen LogP contribution in [-0.2, 0) is 10.5 Å². The van der Waals surface area contributed by atoms with Crippen molar-refractivity contribution < 1.29 is 4.79 Å². The minimum atomic E-state index is -0.646. The molecular formula is C13H15N3OS2. The highest BCUT2D eigenvalue weighted by molar-refractivity contribution is 7.99. The second kappa shape index (κ2) is 6.83. The monoisotopic (exact) mass is 293 g/mol. The first-order valence-corrected chi connectivity index (χ1v) is 8.33. The number of rotatable bonds is 5. The van der Waals surface area contributed by atoms with Crippen molar-refractivity contribution in [3.8, 4) is 6.07 Å². The van der Waals surface area contributed by atoms with E-state index in [1.165, 1.54) is 11.8 Å². The summed E-state index contributed by atoms with van der Waals surface area (Å²) in [4.78, 5) is 16.0. The van der Waals surface area contributed by atoms with Gasteiger partial charge in [-0.15, -0.1) is 11.8 Å². The molecule has 2 heterocycles. The molecule has 100 valence electrons. The van der Waals surface area contributed by atoms with Gasteiger partial charge in [-0.1, -0.05) is 6.07 Å². The van der Waals surface area contributed by atoms with E-state index in [1.807, 2.05) is 18.2 Å². The van der Waals surface area contributed by atoms with E-state index in [1.54, 1.807) is 18.0 Å². The van der Waals surface area contributed by atoms with Crippen molar-refractivity contribution in [3.05, 3.63) is 30.1 Å². The average Bonchev–Trinajstić information content (AvgIpc) is 2.89. The zero-order chi connectivity index (χ0) is 13.6. The van der Waals surface area contributed by atoms with E-state index in [4.69, 9.17) is 0 Å². The van der Waals surface area contributed by atoms with Gasteiger partial charge in [0.15, 0.2) is 0 Å². The number of pyridine rings is 1. The summed E-state index contributed by atoms with van der Waals surface area (Å²) in [5.74, 6) is 2.65. The maximum absolute atomic E-state index is 11.8. The van der Waals surface area contributed by atoms with Gasteiger partial charge >= 0.3 is 0 Å². The van der Waals surface area contributed by atoms with Gasteiger partial charge in [0.2, 0.25) is 5.91 Å². The lowest BCUT2D eigenvalue weighted by atomic mass is 10.0. The minimum absolute atomic E-state index is 0.0648. The molecule has 1 fully saturated rings. The molecule has 1 aromatic rings. The number of nitrogens with zero attached hydrogens (tertiary/aromatic N) is 2. The Morgan fingerprint density at radius 3 is 3.16 bits per heavy atom. The number of amides is 1. The Bertz CT molecular complexity index is 467. The number of aromatic nitrogens is 1. The standard InChI is InChI=1S/C13H15N3OS2/c14-9-13(4-6-18-10-13)16-12(17)8-19-7-11-3-1-2-5-15-11/h1-3,5H,4,6-8,10H2,(H,16,17)/t13-/m0/s1. The summed E-state index contributed by atoms with van der Waals surface area (Å²) in [6.45, 7) is 0. The van der Waals surface area contributed by atoms with Crippen LogP contribution in [0.25, 0.3) is 0 Å². The van der Waals surface area contributed by atoms with Crippen LogP contribution in [-0.4, -0.2) is 33.7 Å². The third-order valence-corrected chi connectivity index (χ3v) is 4.98. The molecule has 1 aliphatic heterocycles. The van der Waals surface area contributed by atoms with Crippen LogP contribution >= 0.6 is 23.5 Å². The molecule has 4 nitrogen and oxygen atoms in total. The number of hydrogen-bond donors (Lipinski definition) is 1. The molecule has 6 heteroatoms. The quantitative estimate of drug-likeness (QED) is 0.897.